The molecule has 0 saturated carbocycles. The van der Waals surface area contributed by atoms with Crippen molar-refractivity contribution in [1.29, 1.82) is 0 Å². The minimum atomic E-state index is -3.30. The van der Waals surface area contributed by atoms with Crippen molar-refractivity contribution < 1.29 is 17.9 Å². The SMILES string of the molecule is CS(=O)(=O)c1cccc(CC(=O)NC[C@H]2CN(Cc3ccc(Cl)c(Cl)c3)CCO2)c1. The third-order valence-corrected chi connectivity index (χ3v) is 6.68. The number of nitrogens with one attached hydrogen (secondary N) is 1. The second kappa shape index (κ2) is 10.1. The minimum Gasteiger partial charge on any atom is -0.374 e. The predicted octanol–water partition coefficient (Wildman–Crippen LogP) is 2.96. The van der Waals surface area contributed by atoms with Gasteiger partial charge in [0.05, 0.1) is 34.1 Å². The number of morpholine rings is 1. The van der Waals surface area contributed by atoms with Crippen LogP contribution >= 0.6 is 23.2 Å². The summed E-state index contributed by atoms with van der Waals surface area (Å²) in [4.78, 5) is 14.8. The molecule has 1 atom stereocenters. The number of ether oxygens (including phenoxy) is 1. The maximum absolute atomic E-state index is 12.3. The number of rotatable bonds is 7. The van der Waals surface area contributed by atoms with E-state index >= 15 is 0 Å². The monoisotopic (exact) mass is 470 g/mol. The summed E-state index contributed by atoms with van der Waals surface area (Å²) in [6.07, 6.45) is 1.15. The third kappa shape index (κ3) is 6.68. The molecule has 1 aliphatic heterocycles. The number of sulfone groups is 1. The molecule has 0 aliphatic carbocycles. The number of hydrogen-bond acceptors (Lipinski definition) is 5. The Morgan fingerprint density at radius 3 is 2.70 bits per heavy atom. The van der Waals surface area contributed by atoms with Gasteiger partial charge in [-0.2, -0.15) is 0 Å². The highest BCUT2D eigenvalue weighted by atomic mass is 35.5. The first kappa shape index (κ1) is 23.0. The van der Waals surface area contributed by atoms with E-state index in [0.29, 0.717) is 35.3 Å². The second-order valence-electron chi connectivity index (χ2n) is 7.38. The van der Waals surface area contributed by atoms with Crippen LogP contribution in [0.4, 0.5) is 0 Å². The van der Waals surface area contributed by atoms with Gasteiger partial charge in [0.15, 0.2) is 9.84 Å². The van der Waals surface area contributed by atoms with E-state index in [0.717, 1.165) is 24.9 Å². The standard InChI is InChI=1S/C21H24Cl2N2O4S/c1-30(27,28)18-4-2-3-15(9-18)11-21(26)24-12-17-14-25(7-8-29-17)13-16-5-6-19(22)20(23)10-16/h2-6,9-10,17H,7-8,11-14H2,1H3,(H,24,26)/t17-/m0/s1. The first-order valence-electron chi connectivity index (χ1n) is 9.54. The van der Waals surface area contributed by atoms with Gasteiger partial charge in [-0.05, 0) is 35.4 Å². The van der Waals surface area contributed by atoms with Crippen LogP contribution in [0.3, 0.4) is 0 Å². The number of halogens is 2. The Morgan fingerprint density at radius 1 is 1.17 bits per heavy atom. The average molecular weight is 471 g/mol. The lowest BCUT2D eigenvalue weighted by Crippen LogP contribution is -2.47. The van der Waals surface area contributed by atoms with Gasteiger partial charge in [0.2, 0.25) is 5.91 Å². The van der Waals surface area contributed by atoms with Gasteiger partial charge in [0.1, 0.15) is 0 Å². The topological polar surface area (TPSA) is 75.7 Å². The van der Waals surface area contributed by atoms with Crippen molar-refractivity contribution in [1.82, 2.24) is 10.2 Å². The van der Waals surface area contributed by atoms with Crippen LogP contribution in [0.2, 0.25) is 10.0 Å². The van der Waals surface area contributed by atoms with Crippen LogP contribution in [-0.4, -0.2) is 57.8 Å². The maximum Gasteiger partial charge on any atom is 0.224 e. The quantitative estimate of drug-likeness (QED) is 0.672. The molecule has 30 heavy (non-hydrogen) atoms. The van der Waals surface area contributed by atoms with Crippen molar-refractivity contribution in [2.75, 3.05) is 32.5 Å². The zero-order valence-electron chi connectivity index (χ0n) is 16.6. The molecule has 0 unspecified atom stereocenters. The summed E-state index contributed by atoms with van der Waals surface area (Å²) < 4.78 is 29.1. The number of carbonyl (C=O) groups is 1. The highest BCUT2D eigenvalue weighted by Gasteiger charge is 2.21. The molecule has 1 aliphatic rings. The van der Waals surface area contributed by atoms with Crippen LogP contribution < -0.4 is 5.32 Å². The Morgan fingerprint density at radius 2 is 1.97 bits per heavy atom. The summed E-state index contributed by atoms with van der Waals surface area (Å²) >= 11 is 12.1. The van der Waals surface area contributed by atoms with E-state index in [-0.39, 0.29) is 23.3 Å². The molecular weight excluding hydrogens is 447 g/mol. The smallest absolute Gasteiger partial charge is 0.224 e. The Hall–Kier alpha value is -1.64. The molecular formula is C21H24Cl2N2O4S. The minimum absolute atomic E-state index is 0.114. The predicted molar refractivity (Wildman–Crippen MR) is 118 cm³/mol. The maximum atomic E-state index is 12.3. The first-order valence-corrected chi connectivity index (χ1v) is 12.2. The lowest BCUT2D eigenvalue weighted by molar-refractivity contribution is -0.121. The highest BCUT2D eigenvalue weighted by molar-refractivity contribution is 7.90. The largest absolute Gasteiger partial charge is 0.374 e. The molecule has 1 fully saturated rings. The first-order chi connectivity index (χ1) is 14.2. The Balaban J connectivity index is 1.49. The molecule has 162 valence electrons. The van der Waals surface area contributed by atoms with Crippen molar-refractivity contribution in [3.8, 4) is 0 Å². The Labute approximate surface area is 187 Å². The van der Waals surface area contributed by atoms with Crippen molar-refractivity contribution >= 4 is 38.9 Å². The van der Waals surface area contributed by atoms with Gasteiger partial charge >= 0.3 is 0 Å². The molecule has 1 saturated heterocycles. The van der Waals surface area contributed by atoms with Crippen molar-refractivity contribution in [3.63, 3.8) is 0 Å². The summed E-state index contributed by atoms with van der Waals surface area (Å²) in [5, 5.41) is 3.95. The summed E-state index contributed by atoms with van der Waals surface area (Å²) in [7, 11) is -3.30. The van der Waals surface area contributed by atoms with E-state index in [1.807, 2.05) is 12.1 Å². The molecule has 1 N–H and O–H groups in total. The van der Waals surface area contributed by atoms with Crippen LogP contribution in [0.15, 0.2) is 47.4 Å². The Bertz CT molecular complexity index is 1010. The van der Waals surface area contributed by atoms with E-state index in [4.69, 9.17) is 27.9 Å². The molecule has 0 spiro atoms. The van der Waals surface area contributed by atoms with Crippen LogP contribution in [0, 0.1) is 0 Å². The zero-order valence-corrected chi connectivity index (χ0v) is 18.9. The summed E-state index contributed by atoms with van der Waals surface area (Å²) in [5.74, 6) is -0.175. The van der Waals surface area contributed by atoms with E-state index in [2.05, 4.69) is 10.2 Å². The molecule has 6 nitrogen and oxygen atoms in total. The summed E-state index contributed by atoms with van der Waals surface area (Å²) in [6, 6.07) is 12.0. The lowest BCUT2D eigenvalue weighted by Gasteiger charge is -2.33. The normalized spacial score (nSPS) is 17.6. The molecule has 3 rings (SSSR count). The van der Waals surface area contributed by atoms with Gasteiger partial charge in [0, 0.05) is 32.4 Å². The van der Waals surface area contributed by atoms with Gasteiger partial charge < -0.3 is 10.1 Å². The summed E-state index contributed by atoms with van der Waals surface area (Å²) in [5.41, 5.74) is 1.72. The molecule has 0 radical (unpaired) electrons. The molecule has 0 aromatic heterocycles. The number of nitrogens with zero attached hydrogens (tertiary/aromatic N) is 1. The van der Waals surface area contributed by atoms with E-state index in [1.54, 1.807) is 18.2 Å². The molecule has 1 amide bonds. The number of hydrogen-bond donors (Lipinski definition) is 1. The van der Waals surface area contributed by atoms with Crippen molar-refractivity contribution in [2.24, 2.45) is 0 Å². The average Bonchev–Trinajstić information content (AvgIpc) is 2.69. The fourth-order valence-electron chi connectivity index (χ4n) is 3.31. The van der Waals surface area contributed by atoms with Gasteiger partial charge in [-0.15, -0.1) is 0 Å². The summed E-state index contributed by atoms with van der Waals surface area (Å²) in [6.45, 7) is 3.18. The second-order valence-corrected chi connectivity index (χ2v) is 10.2. The highest BCUT2D eigenvalue weighted by Crippen LogP contribution is 2.23. The molecule has 2 aromatic rings. The number of carbonyl (C=O) groups excluding carboxylic acids is 1. The molecule has 0 bridgehead atoms. The fourth-order valence-corrected chi connectivity index (χ4v) is 4.32. The number of amides is 1. The van der Waals surface area contributed by atoms with Gasteiger partial charge in [0.25, 0.3) is 0 Å². The van der Waals surface area contributed by atoms with Crippen molar-refractivity contribution in [2.45, 2.75) is 24.0 Å². The van der Waals surface area contributed by atoms with Crippen LogP contribution in [0.25, 0.3) is 0 Å². The van der Waals surface area contributed by atoms with Crippen molar-refractivity contribution in [3.05, 3.63) is 63.6 Å². The molecule has 1 heterocycles. The van der Waals surface area contributed by atoms with Crippen LogP contribution in [0.5, 0.6) is 0 Å². The van der Waals surface area contributed by atoms with Gasteiger partial charge in [-0.25, -0.2) is 8.42 Å². The third-order valence-electron chi connectivity index (χ3n) is 4.83. The van der Waals surface area contributed by atoms with E-state index in [1.165, 1.54) is 12.1 Å². The van der Waals surface area contributed by atoms with Crippen LogP contribution in [-0.2, 0) is 32.3 Å². The zero-order chi connectivity index (χ0) is 21.7. The fraction of sp³-hybridized carbons (Fsp3) is 0.381. The number of benzene rings is 2. The van der Waals surface area contributed by atoms with Gasteiger partial charge in [-0.1, -0.05) is 41.4 Å². The van der Waals surface area contributed by atoms with E-state index in [9.17, 15) is 13.2 Å². The van der Waals surface area contributed by atoms with Gasteiger partial charge in [-0.3, -0.25) is 9.69 Å². The molecule has 9 heteroatoms. The molecule has 2 aromatic carbocycles. The lowest BCUT2D eigenvalue weighted by atomic mass is 10.1. The Kier molecular flexibility index (Phi) is 7.76. The van der Waals surface area contributed by atoms with Crippen LogP contribution in [0.1, 0.15) is 11.1 Å². The van der Waals surface area contributed by atoms with E-state index < -0.39 is 9.84 Å².